The van der Waals surface area contributed by atoms with Crippen molar-refractivity contribution >= 4 is 16.9 Å². The Kier molecular flexibility index (Phi) is 4.90. The van der Waals surface area contributed by atoms with Crippen LogP contribution in [0.4, 0.5) is 4.79 Å². The van der Waals surface area contributed by atoms with Crippen LogP contribution in [0, 0.1) is 0 Å². The average molecular weight is 477 g/mol. The van der Waals surface area contributed by atoms with Crippen LogP contribution in [-0.4, -0.2) is 39.8 Å². The van der Waals surface area contributed by atoms with Crippen LogP contribution in [0.2, 0.25) is 0 Å². The Balaban J connectivity index is 1.11. The van der Waals surface area contributed by atoms with E-state index in [1.807, 2.05) is 35.4 Å². The van der Waals surface area contributed by atoms with Crippen LogP contribution in [0.25, 0.3) is 21.9 Å². The number of rotatable bonds is 3. The zero-order chi connectivity index (χ0) is 24.3. The fraction of sp³-hybridized carbons (Fsp3) is 0.290. The number of carbonyl (C=O) groups excluding carboxylic acids is 1. The number of pyridine rings is 1. The van der Waals surface area contributed by atoms with Gasteiger partial charge in [-0.05, 0) is 52.1 Å². The van der Waals surface area contributed by atoms with Gasteiger partial charge in [0.15, 0.2) is 0 Å². The quantitative estimate of drug-likeness (QED) is 0.394. The molecule has 1 amide bonds. The molecule has 1 aliphatic carbocycles. The second-order valence-corrected chi connectivity index (χ2v) is 10.4. The van der Waals surface area contributed by atoms with E-state index in [9.17, 15) is 9.90 Å². The third-order valence-corrected chi connectivity index (χ3v) is 8.50. The van der Waals surface area contributed by atoms with Gasteiger partial charge in [-0.2, -0.15) is 0 Å². The summed E-state index contributed by atoms with van der Waals surface area (Å²) in [6.07, 6.45) is 6.18. The first-order valence-electron chi connectivity index (χ1n) is 12.8. The summed E-state index contributed by atoms with van der Waals surface area (Å²) in [6.45, 7) is 0.323. The van der Waals surface area contributed by atoms with Crippen molar-refractivity contribution in [1.29, 1.82) is 0 Å². The summed E-state index contributed by atoms with van der Waals surface area (Å²) in [7, 11) is 0. The lowest BCUT2D eigenvalue weighted by molar-refractivity contribution is -0.0521. The van der Waals surface area contributed by atoms with E-state index in [2.05, 4.69) is 53.5 Å². The Morgan fingerprint density at radius 2 is 1.58 bits per heavy atom. The van der Waals surface area contributed by atoms with Gasteiger partial charge in [0.1, 0.15) is 6.61 Å². The Morgan fingerprint density at radius 1 is 0.917 bits per heavy atom. The van der Waals surface area contributed by atoms with Crippen LogP contribution < -0.4 is 0 Å². The number of hydrogen-bond acceptors (Lipinski definition) is 4. The predicted molar refractivity (Wildman–Crippen MR) is 139 cm³/mol. The lowest BCUT2D eigenvalue weighted by Gasteiger charge is -2.43. The molecular formula is C31H28N2O3. The summed E-state index contributed by atoms with van der Waals surface area (Å²) in [5.41, 5.74) is 4.85. The molecule has 5 heteroatoms. The highest BCUT2D eigenvalue weighted by Crippen LogP contribution is 2.48. The van der Waals surface area contributed by atoms with Crippen molar-refractivity contribution in [2.24, 2.45) is 0 Å². The molecule has 0 saturated carbocycles. The third-order valence-electron chi connectivity index (χ3n) is 8.50. The molecule has 2 saturated heterocycles. The first-order chi connectivity index (χ1) is 17.6. The van der Waals surface area contributed by atoms with Crippen LogP contribution in [-0.2, 0) is 10.3 Å². The van der Waals surface area contributed by atoms with Crippen LogP contribution in [0.1, 0.15) is 48.3 Å². The smallest absolute Gasteiger partial charge is 0.410 e. The highest BCUT2D eigenvalue weighted by Gasteiger charge is 2.51. The van der Waals surface area contributed by atoms with E-state index in [4.69, 9.17) is 4.74 Å². The Labute approximate surface area is 210 Å². The predicted octanol–water partition coefficient (Wildman–Crippen LogP) is 6.00. The van der Waals surface area contributed by atoms with Gasteiger partial charge in [0.25, 0.3) is 0 Å². The number of hydrogen-bond donors (Lipinski definition) is 1. The number of aliphatic hydroxyl groups is 1. The Morgan fingerprint density at radius 3 is 2.28 bits per heavy atom. The highest BCUT2D eigenvalue weighted by atomic mass is 16.6. The molecule has 5 nitrogen and oxygen atoms in total. The molecule has 0 radical (unpaired) electrons. The van der Waals surface area contributed by atoms with E-state index in [0.717, 1.165) is 29.2 Å². The molecule has 3 aliphatic rings. The molecule has 2 atom stereocenters. The van der Waals surface area contributed by atoms with Crippen molar-refractivity contribution in [1.82, 2.24) is 9.88 Å². The highest BCUT2D eigenvalue weighted by molar-refractivity contribution is 5.85. The molecule has 36 heavy (non-hydrogen) atoms. The van der Waals surface area contributed by atoms with Gasteiger partial charge in [-0.1, -0.05) is 66.7 Å². The van der Waals surface area contributed by atoms with Crippen molar-refractivity contribution in [2.45, 2.75) is 49.3 Å². The molecule has 180 valence electrons. The van der Waals surface area contributed by atoms with Gasteiger partial charge < -0.3 is 14.7 Å². The van der Waals surface area contributed by atoms with Crippen molar-refractivity contribution in [2.75, 3.05) is 6.61 Å². The molecule has 1 aromatic heterocycles. The van der Waals surface area contributed by atoms with E-state index < -0.39 is 5.60 Å². The molecule has 7 rings (SSSR count). The molecule has 2 fully saturated rings. The van der Waals surface area contributed by atoms with E-state index in [1.165, 1.54) is 22.3 Å². The van der Waals surface area contributed by atoms with Gasteiger partial charge in [0.2, 0.25) is 0 Å². The van der Waals surface area contributed by atoms with Crippen LogP contribution in [0.15, 0.2) is 85.2 Å². The number of piperidine rings is 1. The number of fused-ring (bicyclic) bond motifs is 6. The largest absolute Gasteiger partial charge is 0.448 e. The van der Waals surface area contributed by atoms with Crippen LogP contribution >= 0.6 is 0 Å². The van der Waals surface area contributed by atoms with Crippen molar-refractivity contribution < 1.29 is 14.6 Å². The van der Waals surface area contributed by atoms with Gasteiger partial charge in [0, 0.05) is 48.6 Å². The van der Waals surface area contributed by atoms with E-state index in [-0.39, 0.29) is 24.1 Å². The summed E-state index contributed by atoms with van der Waals surface area (Å²) in [6, 6.07) is 24.7. The molecular weight excluding hydrogens is 448 g/mol. The van der Waals surface area contributed by atoms with Crippen LogP contribution in [0.3, 0.4) is 0 Å². The standard InChI is InChI=1S/C31H28N2O3/c34-30(36-19-28-26-9-3-1-7-24(26)25-8-2-4-10-27(25)28)33-21-12-13-22(33)17-31(35,16-21)29-11-5-6-20-18-32-15-14-23(20)29/h1-11,14-15,18,21-22,28,35H,12-13,16-17,19H2. The maximum atomic E-state index is 13.4. The monoisotopic (exact) mass is 476 g/mol. The van der Waals surface area contributed by atoms with Gasteiger partial charge in [-0.3, -0.25) is 4.98 Å². The number of amides is 1. The van der Waals surface area contributed by atoms with Crippen molar-refractivity contribution in [3.63, 3.8) is 0 Å². The Hall–Kier alpha value is -3.70. The van der Waals surface area contributed by atoms with Gasteiger partial charge in [-0.25, -0.2) is 4.79 Å². The normalized spacial score (nSPS) is 24.5. The minimum Gasteiger partial charge on any atom is -0.448 e. The molecule has 0 spiro atoms. The molecule has 2 aliphatic heterocycles. The summed E-state index contributed by atoms with van der Waals surface area (Å²) in [5, 5.41) is 13.9. The number of nitrogens with zero attached hydrogens (tertiary/aromatic N) is 2. The zero-order valence-electron chi connectivity index (χ0n) is 20.0. The Bertz CT molecular complexity index is 1420. The summed E-state index contributed by atoms with van der Waals surface area (Å²) < 4.78 is 6.00. The van der Waals surface area contributed by atoms with Gasteiger partial charge in [0.05, 0.1) is 5.60 Å². The fourth-order valence-corrected chi connectivity index (χ4v) is 6.94. The molecule has 1 N–H and O–H groups in total. The van der Waals surface area contributed by atoms with E-state index >= 15 is 0 Å². The maximum Gasteiger partial charge on any atom is 0.410 e. The zero-order valence-corrected chi connectivity index (χ0v) is 20.0. The second-order valence-electron chi connectivity index (χ2n) is 10.4. The average Bonchev–Trinajstić information content (AvgIpc) is 3.39. The van der Waals surface area contributed by atoms with E-state index in [0.29, 0.717) is 19.4 Å². The summed E-state index contributed by atoms with van der Waals surface area (Å²) in [4.78, 5) is 19.6. The van der Waals surface area contributed by atoms with Crippen molar-refractivity contribution in [3.8, 4) is 11.1 Å². The number of ether oxygens (including phenoxy) is 1. The molecule has 2 unspecified atom stereocenters. The summed E-state index contributed by atoms with van der Waals surface area (Å²) >= 11 is 0. The first kappa shape index (κ1) is 21.6. The van der Waals surface area contributed by atoms with Crippen LogP contribution in [0.5, 0.6) is 0 Å². The molecule has 3 aromatic carbocycles. The molecule has 3 heterocycles. The fourth-order valence-electron chi connectivity index (χ4n) is 6.94. The minimum atomic E-state index is -0.965. The van der Waals surface area contributed by atoms with Crippen molar-refractivity contribution in [3.05, 3.63) is 102 Å². The number of aromatic nitrogens is 1. The topological polar surface area (TPSA) is 62.7 Å². The maximum absolute atomic E-state index is 13.4. The second kappa shape index (κ2) is 8.17. The SMILES string of the molecule is O=C(OCC1c2ccccc2-c2ccccc21)N1C2CCC1CC(O)(c1cccc3cnccc13)C2. The minimum absolute atomic E-state index is 0.0264. The number of benzene rings is 3. The number of carbonyl (C=O) groups is 1. The first-order valence-corrected chi connectivity index (χ1v) is 12.8. The summed E-state index contributed by atoms with van der Waals surface area (Å²) in [5.74, 6) is 0.0463. The molecule has 2 bridgehead atoms. The molecule has 4 aromatic rings. The third kappa shape index (κ3) is 3.26. The van der Waals surface area contributed by atoms with Gasteiger partial charge >= 0.3 is 6.09 Å². The lowest BCUT2D eigenvalue weighted by atomic mass is 9.79. The van der Waals surface area contributed by atoms with E-state index in [1.54, 1.807) is 6.20 Å². The van der Waals surface area contributed by atoms with Gasteiger partial charge in [-0.15, -0.1) is 0 Å². The lowest BCUT2D eigenvalue weighted by Crippen LogP contribution is -2.52.